The van der Waals surface area contributed by atoms with E-state index in [4.69, 9.17) is 10.5 Å². The van der Waals surface area contributed by atoms with Gasteiger partial charge in [0, 0.05) is 12.5 Å². The molecule has 23 heavy (non-hydrogen) atoms. The molecule has 4 nitrogen and oxygen atoms in total. The van der Waals surface area contributed by atoms with E-state index in [-0.39, 0.29) is 17.6 Å². The third-order valence-electron chi connectivity index (χ3n) is 4.96. The number of carbonyl (C=O) groups excluding carboxylic acids is 1. The molecule has 4 heteroatoms. The van der Waals surface area contributed by atoms with Crippen LogP contribution in [-0.4, -0.2) is 24.8 Å². The normalized spacial score (nSPS) is 17.3. The van der Waals surface area contributed by atoms with Crippen LogP contribution in [0.2, 0.25) is 0 Å². The summed E-state index contributed by atoms with van der Waals surface area (Å²) < 4.78 is 5.51. The lowest BCUT2D eigenvalue weighted by molar-refractivity contribution is 0.138. The molecule has 0 aromatic heterocycles. The predicted molar refractivity (Wildman–Crippen MR) is 89.2 cm³/mol. The SMILES string of the molecule is NCC1(NC(=O)OCC2c3ccccc3-c3ccccc32)CC1. The first kappa shape index (κ1) is 14.3. The summed E-state index contributed by atoms with van der Waals surface area (Å²) in [5, 5.41) is 2.90. The van der Waals surface area contributed by atoms with E-state index in [0.29, 0.717) is 13.2 Å². The van der Waals surface area contributed by atoms with Crippen molar-refractivity contribution < 1.29 is 9.53 Å². The Morgan fingerprint density at radius 3 is 2.17 bits per heavy atom. The van der Waals surface area contributed by atoms with Crippen LogP contribution in [0.4, 0.5) is 4.79 Å². The monoisotopic (exact) mass is 308 g/mol. The quantitative estimate of drug-likeness (QED) is 0.912. The molecule has 0 unspecified atom stereocenters. The fourth-order valence-electron chi connectivity index (χ4n) is 3.38. The van der Waals surface area contributed by atoms with Crippen molar-refractivity contribution in [2.24, 2.45) is 5.73 Å². The molecule has 0 radical (unpaired) electrons. The summed E-state index contributed by atoms with van der Waals surface area (Å²) in [6, 6.07) is 16.6. The van der Waals surface area contributed by atoms with E-state index < -0.39 is 0 Å². The van der Waals surface area contributed by atoms with Crippen molar-refractivity contribution in [3.63, 3.8) is 0 Å². The van der Waals surface area contributed by atoms with Crippen molar-refractivity contribution in [3.05, 3.63) is 59.7 Å². The number of nitrogens with two attached hydrogens (primary N) is 1. The van der Waals surface area contributed by atoms with Crippen molar-refractivity contribution >= 4 is 6.09 Å². The Labute approximate surface area is 135 Å². The number of fused-ring (bicyclic) bond motifs is 3. The molecule has 0 heterocycles. The van der Waals surface area contributed by atoms with Gasteiger partial charge in [-0.1, -0.05) is 48.5 Å². The van der Waals surface area contributed by atoms with Crippen molar-refractivity contribution in [2.45, 2.75) is 24.3 Å². The van der Waals surface area contributed by atoms with E-state index in [9.17, 15) is 4.79 Å². The predicted octanol–water partition coefficient (Wildman–Crippen LogP) is 3.02. The third kappa shape index (κ3) is 2.49. The number of carbonyl (C=O) groups is 1. The number of nitrogens with one attached hydrogen (secondary N) is 1. The minimum absolute atomic E-state index is 0.0983. The highest BCUT2D eigenvalue weighted by molar-refractivity contribution is 5.79. The summed E-state index contributed by atoms with van der Waals surface area (Å²) in [7, 11) is 0. The Hall–Kier alpha value is -2.33. The number of hydrogen-bond donors (Lipinski definition) is 2. The van der Waals surface area contributed by atoms with Gasteiger partial charge in [0.25, 0.3) is 0 Å². The molecular weight excluding hydrogens is 288 g/mol. The number of ether oxygens (including phenoxy) is 1. The maximum atomic E-state index is 12.0. The fraction of sp³-hybridized carbons (Fsp3) is 0.316. The summed E-state index contributed by atoms with van der Waals surface area (Å²) in [6.45, 7) is 0.817. The summed E-state index contributed by atoms with van der Waals surface area (Å²) in [5.74, 6) is 0.0983. The van der Waals surface area contributed by atoms with Crippen LogP contribution in [-0.2, 0) is 4.74 Å². The average Bonchev–Trinajstić information content (AvgIpc) is 3.28. The first-order valence-electron chi connectivity index (χ1n) is 8.06. The van der Waals surface area contributed by atoms with Gasteiger partial charge in [0.05, 0.1) is 5.54 Å². The highest BCUT2D eigenvalue weighted by atomic mass is 16.5. The van der Waals surface area contributed by atoms with Gasteiger partial charge >= 0.3 is 6.09 Å². The zero-order chi connectivity index (χ0) is 15.9. The van der Waals surface area contributed by atoms with Crippen LogP contribution in [0.15, 0.2) is 48.5 Å². The topological polar surface area (TPSA) is 64.3 Å². The standard InChI is InChI=1S/C19H20N2O2/c20-12-19(9-10-19)21-18(22)23-11-17-15-7-3-1-5-13(15)14-6-2-4-8-16(14)17/h1-8,17H,9-12,20H2,(H,21,22). The van der Waals surface area contributed by atoms with Gasteiger partial charge in [-0.25, -0.2) is 4.79 Å². The van der Waals surface area contributed by atoms with E-state index in [1.807, 2.05) is 24.3 Å². The Morgan fingerprint density at radius 1 is 1.09 bits per heavy atom. The lowest BCUT2D eigenvalue weighted by Crippen LogP contribution is -2.42. The zero-order valence-electron chi connectivity index (χ0n) is 12.9. The lowest BCUT2D eigenvalue weighted by atomic mass is 9.98. The van der Waals surface area contributed by atoms with E-state index >= 15 is 0 Å². The molecule has 0 atom stereocenters. The van der Waals surface area contributed by atoms with Gasteiger partial charge in [0.2, 0.25) is 0 Å². The van der Waals surface area contributed by atoms with Crippen LogP contribution in [0, 0.1) is 0 Å². The molecule has 3 N–H and O–H groups in total. The maximum Gasteiger partial charge on any atom is 0.407 e. The number of amides is 1. The number of benzene rings is 2. The van der Waals surface area contributed by atoms with E-state index in [2.05, 4.69) is 29.6 Å². The van der Waals surface area contributed by atoms with Gasteiger partial charge in [-0.15, -0.1) is 0 Å². The largest absolute Gasteiger partial charge is 0.449 e. The summed E-state index contributed by atoms with van der Waals surface area (Å²) in [5.41, 5.74) is 10.4. The Balaban J connectivity index is 1.52. The molecule has 4 rings (SSSR count). The maximum absolute atomic E-state index is 12.0. The first-order valence-corrected chi connectivity index (χ1v) is 8.06. The second-order valence-electron chi connectivity index (χ2n) is 6.44. The average molecular weight is 308 g/mol. The Bertz CT molecular complexity index is 707. The van der Waals surface area contributed by atoms with E-state index in [0.717, 1.165) is 12.8 Å². The molecule has 2 aliphatic rings. The highest BCUT2D eigenvalue weighted by Crippen LogP contribution is 2.44. The first-order chi connectivity index (χ1) is 11.2. The molecular formula is C19H20N2O2. The molecule has 0 bridgehead atoms. The molecule has 0 aliphatic heterocycles. The van der Waals surface area contributed by atoms with Gasteiger partial charge in [-0.2, -0.15) is 0 Å². The van der Waals surface area contributed by atoms with Crippen molar-refractivity contribution in [2.75, 3.05) is 13.2 Å². The number of alkyl carbamates (subject to hydrolysis) is 1. The van der Waals surface area contributed by atoms with Crippen LogP contribution >= 0.6 is 0 Å². The van der Waals surface area contributed by atoms with Crippen LogP contribution in [0.25, 0.3) is 11.1 Å². The summed E-state index contributed by atoms with van der Waals surface area (Å²) >= 11 is 0. The van der Waals surface area contributed by atoms with Crippen LogP contribution in [0.3, 0.4) is 0 Å². The molecule has 1 amide bonds. The van der Waals surface area contributed by atoms with Gasteiger partial charge in [-0.3, -0.25) is 0 Å². The lowest BCUT2D eigenvalue weighted by Gasteiger charge is -2.18. The summed E-state index contributed by atoms with van der Waals surface area (Å²) in [6.07, 6.45) is 1.51. The van der Waals surface area contributed by atoms with E-state index in [1.165, 1.54) is 22.3 Å². The van der Waals surface area contributed by atoms with Crippen LogP contribution in [0.1, 0.15) is 29.9 Å². The van der Waals surface area contributed by atoms with Crippen molar-refractivity contribution in [3.8, 4) is 11.1 Å². The second kappa shape index (κ2) is 5.39. The minimum Gasteiger partial charge on any atom is -0.449 e. The minimum atomic E-state index is -0.366. The van der Waals surface area contributed by atoms with Gasteiger partial charge in [0.1, 0.15) is 6.61 Å². The molecule has 2 aromatic rings. The molecule has 1 fully saturated rings. The van der Waals surface area contributed by atoms with Crippen molar-refractivity contribution in [1.29, 1.82) is 0 Å². The number of hydrogen-bond acceptors (Lipinski definition) is 3. The smallest absolute Gasteiger partial charge is 0.407 e. The molecule has 1 saturated carbocycles. The van der Waals surface area contributed by atoms with E-state index in [1.54, 1.807) is 0 Å². The molecule has 118 valence electrons. The van der Waals surface area contributed by atoms with Crippen LogP contribution < -0.4 is 11.1 Å². The van der Waals surface area contributed by atoms with Gasteiger partial charge in [-0.05, 0) is 35.1 Å². The van der Waals surface area contributed by atoms with Crippen LogP contribution in [0.5, 0.6) is 0 Å². The molecule has 0 spiro atoms. The highest BCUT2D eigenvalue weighted by Gasteiger charge is 2.43. The van der Waals surface area contributed by atoms with Gasteiger partial charge < -0.3 is 15.8 Å². The Kier molecular flexibility index (Phi) is 3.34. The fourth-order valence-corrected chi connectivity index (χ4v) is 3.38. The summed E-state index contributed by atoms with van der Waals surface area (Å²) in [4.78, 5) is 12.0. The number of rotatable bonds is 4. The molecule has 2 aliphatic carbocycles. The second-order valence-corrected chi connectivity index (χ2v) is 6.44. The zero-order valence-corrected chi connectivity index (χ0v) is 12.9. The Morgan fingerprint density at radius 2 is 1.65 bits per heavy atom. The van der Waals surface area contributed by atoms with Gasteiger partial charge in [0.15, 0.2) is 0 Å². The molecule has 0 saturated heterocycles. The molecule has 2 aromatic carbocycles. The van der Waals surface area contributed by atoms with Crippen molar-refractivity contribution in [1.82, 2.24) is 5.32 Å². The third-order valence-corrected chi connectivity index (χ3v) is 4.96.